The van der Waals surface area contributed by atoms with Gasteiger partial charge in [-0.3, -0.25) is 4.79 Å². The molecule has 1 atom stereocenters. The molecule has 9 heteroatoms. The molecule has 0 saturated carbocycles. The molecule has 0 aliphatic heterocycles. The Hall–Kier alpha value is -2.49. The van der Waals surface area contributed by atoms with E-state index in [0.29, 0.717) is 22.9 Å². The van der Waals surface area contributed by atoms with Gasteiger partial charge in [-0.25, -0.2) is 0 Å². The third kappa shape index (κ3) is 4.18. The molecule has 2 N–H and O–H groups in total. The van der Waals surface area contributed by atoms with E-state index < -0.39 is 11.1 Å². The fraction of sp³-hybridized carbons (Fsp3) is 0.118. The van der Waals surface area contributed by atoms with Gasteiger partial charge in [-0.1, -0.05) is 18.2 Å². The molecule has 0 bridgehead atoms. The van der Waals surface area contributed by atoms with Crippen molar-refractivity contribution in [2.24, 2.45) is 0 Å². The molecule has 0 saturated heterocycles. The van der Waals surface area contributed by atoms with Crippen molar-refractivity contribution in [1.29, 1.82) is 0 Å². The quantitative estimate of drug-likeness (QED) is 0.586. The van der Waals surface area contributed by atoms with Gasteiger partial charge >= 0.3 is 0 Å². The zero-order valence-corrected chi connectivity index (χ0v) is 16.5. The van der Waals surface area contributed by atoms with E-state index in [-0.39, 0.29) is 5.91 Å². The summed E-state index contributed by atoms with van der Waals surface area (Å²) in [6, 6.07) is 14.5. The van der Waals surface area contributed by atoms with Crippen molar-refractivity contribution >= 4 is 56.0 Å². The minimum absolute atomic E-state index is 0.106. The minimum Gasteiger partial charge on any atom is -0.546 e. The van der Waals surface area contributed by atoms with Crippen LogP contribution in [0.5, 0.6) is 0 Å². The molecule has 1 heterocycles. The number of hydrogen-bond donors (Lipinski definition) is 2. The summed E-state index contributed by atoms with van der Waals surface area (Å²) >= 11 is 1.75. The average molecular weight is 434 g/mol. The lowest BCUT2D eigenvalue weighted by Gasteiger charge is -2.11. The maximum atomic E-state index is 12.1. The van der Waals surface area contributed by atoms with Crippen LogP contribution in [-0.4, -0.2) is 38.2 Å². The summed E-state index contributed by atoms with van der Waals surface area (Å²) in [5.74, 6) is 0.596. The van der Waals surface area contributed by atoms with Crippen LogP contribution < -0.4 is 10.6 Å². The number of amides is 1. The molecule has 0 spiro atoms. The number of carbonyl (C=O) groups is 1. The molecule has 2 aromatic carbocycles. The lowest BCUT2D eigenvalue weighted by molar-refractivity contribution is 0.0827. The SMILES string of the molecule is CN(C)C(=O)c1cccc(Nc2n[s+]([O-])nc2Nc2ccccc2Br)c1. The molecule has 1 aromatic heterocycles. The Labute approximate surface area is 162 Å². The summed E-state index contributed by atoms with van der Waals surface area (Å²) in [7, 11) is 3.39. The maximum absolute atomic E-state index is 12.1. The Balaban J connectivity index is 1.86. The standard InChI is InChI=1S/C17H16BrN5O2S/c1-23(2)17(24)11-6-5-7-12(10-11)19-15-16(22-26(25)21-15)20-14-9-4-3-8-13(14)18/h3-10H,1-2H3,(H,19,21)(H,20,22). The molecule has 3 aromatic rings. The van der Waals surface area contributed by atoms with Crippen molar-refractivity contribution in [3.05, 3.63) is 58.6 Å². The Kier molecular flexibility index (Phi) is 5.50. The summed E-state index contributed by atoms with van der Waals surface area (Å²) in [6.45, 7) is 0. The van der Waals surface area contributed by atoms with Crippen LogP contribution in [0.2, 0.25) is 0 Å². The van der Waals surface area contributed by atoms with Crippen LogP contribution in [-0.2, 0) is 0 Å². The van der Waals surface area contributed by atoms with Crippen LogP contribution in [0.25, 0.3) is 0 Å². The highest BCUT2D eigenvalue weighted by Gasteiger charge is 2.18. The summed E-state index contributed by atoms with van der Waals surface area (Å²) in [6.07, 6.45) is 0. The van der Waals surface area contributed by atoms with Crippen molar-refractivity contribution in [3.63, 3.8) is 0 Å². The van der Waals surface area contributed by atoms with Crippen LogP contribution in [0, 0.1) is 0 Å². The Morgan fingerprint density at radius 1 is 1.08 bits per heavy atom. The van der Waals surface area contributed by atoms with Crippen molar-refractivity contribution in [3.8, 4) is 0 Å². The van der Waals surface area contributed by atoms with E-state index in [9.17, 15) is 9.35 Å². The summed E-state index contributed by atoms with van der Waals surface area (Å²) in [5.41, 5.74) is 1.96. The van der Waals surface area contributed by atoms with Gasteiger partial charge in [-0.15, -0.1) is 0 Å². The molecule has 3 rings (SSSR count). The van der Waals surface area contributed by atoms with Gasteiger partial charge in [0.05, 0.1) is 5.69 Å². The number of nitrogens with one attached hydrogen (secondary N) is 2. The highest BCUT2D eigenvalue weighted by atomic mass is 79.9. The second kappa shape index (κ2) is 7.81. The molecule has 1 unspecified atom stereocenters. The Bertz CT molecular complexity index is 944. The first-order chi connectivity index (χ1) is 12.4. The zero-order chi connectivity index (χ0) is 18.7. The second-order valence-electron chi connectivity index (χ2n) is 5.62. The van der Waals surface area contributed by atoms with E-state index in [2.05, 4.69) is 35.3 Å². The fourth-order valence-electron chi connectivity index (χ4n) is 2.24. The number of carbonyl (C=O) groups excluding carboxylic acids is 1. The van der Waals surface area contributed by atoms with Crippen LogP contribution >= 0.6 is 27.1 Å². The molecule has 0 aliphatic rings. The van der Waals surface area contributed by atoms with Gasteiger partial charge in [0.15, 0.2) is 11.1 Å². The summed E-state index contributed by atoms with van der Waals surface area (Å²) < 4.78 is 20.6. The third-order valence-corrected chi connectivity index (χ3v) is 4.84. The number of aromatic nitrogens is 2. The topological polar surface area (TPSA) is 93.2 Å². The first kappa shape index (κ1) is 18.3. The molecule has 0 radical (unpaired) electrons. The van der Waals surface area contributed by atoms with E-state index in [0.717, 1.165) is 10.2 Å². The number of rotatable bonds is 5. The van der Waals surface area contributed by atoms with Gasteiger partial charge in [0.2, 0.25) is 11.6 Å². The normalized spacial score (nSPS) is 11.2. The van der Waals surface area contributed by atoms with E-state index in [4.69, 9.17) is 0 Å². The van der Waals surface area contributed by atoms with E-state index in [1.807, 2.05) is 24.3 Å². The van der Waals surface area contributed by atoms with Crippen LogP contribution in [0.4, 0.5) is 23.0 Å². The van der Waals surface area contributed by atoms with Gasteiger partial charge in [-0.05, 0) is 46.3 Å². The van der Waals surface area contributed by atoms with Crippen LogP contribution in [0.3, 0.4) is 0 Å². The predicted octanol–water partition coefficient (Wildman–Crippen LogP) is 4.16. The van der Waals surface area contributed by atoms with Crippen molar-refractivity contribution in [2.45, 2.75) is 0 Å². The second-order valence-corrected chi connectivity index (χ2v) is 7.30. The molecule has 7 nitrogen and oxygen atoms in total. The number of hydrogen-bond acceptors (Lipinski definition) is 6. The number of benzene rings is 2. The van der Waals surface area contributed by atoms with Gasteiger partial charge in [-0.2, -0.15) is 0 Å². The van der Waals surface area contributed by atoms with Crippen molar-refractivity contribution in [1.82, 2.24) is 13.6 Å². The van der Waals surface area contributed by atoms with Gasteiger partial charge in [0.25, 0.3) is 5.91 Å². The van der Waals surface area contributed by atoms with Crippen LogP contribution in [0.15, 0.2) is 53.0 Å². The van der Waals surface area contributed by atoms with Gasteiger partial charge in [0, 0.05) is 38.6 Å². The number of anilines is 4. The lowest BCUT2D eigenvalue weighted by atomic mass is 10.2. The van der Waals surface area contributed by atoms with E-state index in [1.165, 1.54) is 4.90 Å². The van der Waals surface area contributed by atoms with E-state index >= 15 is 0 Å². The number of nitrogens with zero attached hydrogens (tertiary/aromatic N) is 3. The smallest absolute Gasteiger partial charge is 0.253 e. The largest absolute Gasteiger partial charge is 0.546 e. The highest BCUT2D eigenvalue weighted by Crippen LogP contribution is 2.31. The lowest BCUT2D eigenvalue weighted by Crippen LogP contribution is -2.21. The first-order valence-electron chi connectivity index (χ1n) is 7.64. The molecule has 0 aliphatic carbocycles. The number of para-hydroxylation sites is 1. The van der Waals surface area contributed by atoms with Crippen molar-refractivity contribution < 1.29 is 9.35 Å². The van der Waals surface area contributed by atoms with Crippen LogP contribution in [0.1, 0.15) is 10.4 Å². The Morgan fingerprint density at radius 3 is 2.46 bits per heavy atom. The van der Waals surface area contributed by atoms with Crippen molar-refractivity contribution in [2.75, 3.05) is 24.7 Å². The summed E-state index contributed by atoms with van der Waals surface area (Å²) in [4.78, 5) is 13.6. The zero-order valence-electron chi connectivity index (χ0n) is 14.1. The molecule has 134 valence electrons. The van der Waals surface area contributed by atoms with Gasteiger partial charge in [0.1, 0.15) is 0 Å². The maximum Gasteiger partial charge on any atom is 0.253 e. The third-order valence-electron chi connectivity index (χ3n) is 3.47. The fourth-order valence-corrected chi connectivity index (χ4v) is 3.24. The minimum atomic E-state index is -1.70. The highest BCUT2D eigenvalue weighted by molar-refractivity contribution is 9.10. The first-order valence-corrected chi connectivity index (χ1v) is 9.50. The molecule has 1 amide bonds. The molecule has 26 heavy (non-hydrogen) atoms. The van der Waals surface area contributed by atoms with Gasteiger partial charge < -0.3 is 20.1 Å². The predicted molar refractivity (Wildman–Crippen MR) is 106 cm³/mol. The molecular formula is C17H16BrN5O2S. The molecule has 0 fully saturated rings. The Morgan fingerprint density at radius 2 is 1.77 bits per heavy atom. The monoisotopic (exact) mass is 433 g/mol. The summed E-state index contributed by atoms with van der Waals surface area (Å²) in [5, 5.41) is 6.18. The average Bonchev–Trinajstić information content (AvgIpc) is 2.95. The molecular weight excluding hydrogens is 418 g/mol. The van der Waals surface area contributed by atoms with E-state index in [1.54, 1.807) is 38.4 Å². The number of halogens is 1.